The molecule has 1 rings (SSSR count). The van der Waals surface area contributed by atoms with E-state index in [-0.39, 0.29) is 12.0 Å². The van der Waals surface area contributed by atoms with Crippen molar-refractivity contribution in [1.82, 2.24) is 0 Å². The lowest BCUT2D eigenvalue weighted by Gasteiger charge is -2.00. The largest absolute Gasteiger partial charge is 0.467 e. The highest BCUT2D eigenvalue weighted by Gasteiger charge is 2.33. The topological polar surface area (TPSA) is 38.7 Å². The molecule has 22 heavy (non-hydrogen) atoms. The van der Waals surface area contributed by atoms with Crippen molar-refractivity contribution in [1.29, 1.82) is 0 Å². The normalized spacial score (nSPS) is 16.5. The summed E-state index contributed by atoms with van der Waals surface area (Å²) in [6.45, 7) is 0. The van der Waals surface area contributed by atoms with Gasteiger partial charge in [-0.05, 0) is 31.8 Å². The van der Waals surface area contributed by atoms with Crippen LogP contribution in [0.4, 0.5) is 0 Å². The summed E-state index contributed by atoms with van der Waals surface area (Å²) in [5.41, 5.74) is 0.845. The van der Waals surface area contributed by atoms with Crippen molar-refractivity contribution in [2.45, 2.75) is 63.8 Å². The molecule has 1 atom stereocenters. The van der Waals surface area contributed by atoms with Gasteiger partial charge in [-0.2, -0.15) is 0 Å². The monoisotopic (exact) mass is 345 g/mol. The number of aliphatic imine (C=N–C) groups is 1. The molecule has 0 radical (unpaired) electrons. The number of hydrogen-bond donors (Lipinski definition) is 0. The summed E-state index contributed by atoms with van der Waals surface area (Å²) in [6.07, 6.45) is 16.6. The third-order valence-electron chi connectivity index (χ3n) is 3.58. The summed E-state index contributed by atoms with van der Waals surface area (Å²) in [6, 6.07) is -0.329. The molecular formula is C17H25Cl2NO2. The molecule has 0 fully saturated rings. The number of carbonyl (C=O) groups excluding carboxylic acids is 1. The minimum atomic E-state index is -0.329. The molecule has 0 saturated carbocycles. The SMILES string of the molecule is COC(=O)[C@H]1N=C1/C=C/CCCCCCCCCC=C(Cl)Cl. The molecule has 1 heterocycles. The van der Waals surface area contributed by atoms with E-state index in [2.05, 4.69) is 15.8 Å². The molecule has 0 unspecified atom stereocenters. The van der Waals surface area contributed by atoms with Crippen LogP contribution in [0.3, 0.4) is 0 Å². The van der Waals surface area contributed by atoms with Crippen molar-refractivity contribution in [2.75, 3.05) is 7.11 Å². The lowest BCUT2D eigenvalue weighted by atomic mass is 10.1. The summed E-state index contributed by atoms with van der Waals surface area (Å²) in [5, 5.41) is 0. The smallest absolute Gasteiger partial charge is 0.336 e. The predicted molar refractivity (Wildman–Crippen MR) is 93.7 cm³/mol. The van der Waals surface area contributed by atoms with Crippen LogP contribution in [-0.2, 0) is 9.53 Å². The average Bonchev–Trinajstić information content (AvgIpc) is 3.26. The van der Waals surface area contributed by atoms with Crippen molar-refractivity contribution in [3.63, 3.8) is 0 Å². The van der Waals surface area contributed by atoms with Crippen molar-refractivity contribution in [3.05, 3.63) is 22.7 Å². The Labute approximate surface area is 143 Å². The third kappa shape index (κ3) is 9.26. The molecule has 0 aliphatic carbocycles. The Bertz CT molecular complexity index is 426. The van der Waals surface area contributed by atoms with Gasteiger partial charge in [0.25, 0.3) is 0 Å². The standard InChI is InChI=1S/C17H25Cl2NO2/c1-22-17(21)16-14(20-16)12-10-8-6-4-2-3-5-7-9-11-13-15(18)19/h10,12-13,16H,2-9,11H2,1H3/b12-10+/t16-/m0/s1. The van der Waals surface area contributed by atoms with Gasteiger partial charge >= 0.3 is 5.97 Å². The van der Waals surface area contributed by atoms with Crippen molar-refractivity contribution < 1.29 is 9.53 Å². The Morgan fingerprint density at radius 2 is 1.68 bits per heavy atom. The highest BCUT2D eigenvalue weighted by molar-refractivity contribution is 6.55. The quantitative estimate of drug-likeness (QED) is 0.352. The van der Waals surface area contributed by atoms with Gasteiger partial charge in [-0.3, -0.25) is 4.99 Å². The van der Waals surface area contributed by atoms with Crippen LogP contribution in [0, 0.1) is 0 Å². The van der Waals surface area contributed by atoms with E-state index in [9.17, 15) is 4.79 Å². The molecule has 0 N–H and O–H groups in total. The fourth-order valence-corrected chi connectivity index (χ4v) is 2.45. The Morgan fingerprint density at radius 3 is 2.27 bits per heavy atom. The van der Waals surface area contributed by atoms with Gasteiger partial charge in [0.15, 0.2) is 6.04 Å². The Kier molecular flexibility index (Phi) is 10.3. The maximum absolute atomic E-state index is 11.1. The Hall–Kier alpha value is -0.800. The second-order valence-electron chi connectivity index (χ2n) is 5.43. The van der Waals surface area contributed by atoms with Gasteiger partial charge in [0.1, 0.15) is 4.49 Å². The molecule has 0 aromatic heterocycles. The van der Waals surface area contributed by atoms with Crippen LogP contribution in [0.2, 0.25) is 0 Å². The number of hydrogen-bond acceptors (Lipinski definition) is 3. The second-order valence-corrected chi connectivity index (χ2v) is 6.44. The summed E-state index contributed by atoms with van der Waals surface area (Å²) >= 11 is 11.1. The number of esters is 1. The van der Waals surface area contributed by atoms with Gasteiger partial charge in [0.2, 0.25) is 0 Å². The van der Waals surface area contributed by atoms with Crippen molar-refractivity contribution >= 4 is 34.9 Å². The molecular weight excluding hydrogens is 321 g/mol. The maximum Gasteiger partial charge on any atom is 0.336 e. The lowest BCUT2D eigenvalue weighted by molar-refractivity contribution is -0.139. The number of halogens is 2. The van der Waals surface area contributed by atoms with E-state index in [4.69, 9.17) is 23.2 Å². The van der Waals surface area contributed by atoms with E-state index >= 15 is 0 Å². The zero-order valence-electron chi connectivity index (χ0n) is 13.2. The van der Waals surface area contributed by atoms with Crippen LogP contribution in [-0.4, -0.2) is 24.8 Å². The Morgan fingerprint density at radius 1 is 1.09 bits per heavy atom. The molecule has 5 heteroatoms. The molecule has 0 saturated heterocycles. The van der Waals surface area contributed by atoms with E-state index < -0.39 is 0 Å². The first-order chi connectivity index (χ1) is 10.6. The molecule has 0 bridgehead atoms. The summed E-state index contributed by atoms with van der Waals surface area (Å²) in [5.74, 6) is -0.261. The number of allylic oxidation sites excluding steroid dienone is 2. The maximum atomic E-state index is 11.1. The Balaban J connectivity index is 1.84. The van der Waals surface area contributed by atoms with Gasteiger partial charge in [-0.1, -0.05) is 67.5 Å². The first-order valence-electron chi connectivity index (χ1n) is 7.98. The zero-order chi connectivity index (χ0) is 16.2. The fraction of sp³-hybridized carbons (Fsp3) is 0.647. The minimum absolute atomic E-state index is 0.261. The molecule has 124 valence electrons. The third-order valence-corrected chi connectivity index (χ3v) is 3.89. The number of nitrogens with zero attached hydrogens (tertiary/aromatic N) is 1. The molecule has 0 spiro atoms. The zero-order valence-corrected chi connectivity index (χ0v) is 14.7. The lowest BCUT2D eigenvalue weighted by Crippen LogP contribution is -2.12. The number of carbonyl (C=O) groups is 1. The molecule has 1 aliphatic rings. The van der Waals surface area contributed by atoms with Crippen LogP contribution in [0.5, 0.6) is 0 Å². The average molecular weight is 346 g/mol. The van der Waals surface area contributed by atoms with Gasteiger partial charge in [-0.15, -0.1) is 0 Å². The molecule has 1 aliphatic heterocycles. The first-order valence-corrected chi connectivity index (χ1v) is 8.74. The second kappa shape index (κ2) is 11.7. The van der Waals surface area contributed by atoms with E-state index in [0.29, 0.717) is 4.49 Å². The van der Waals surface area contributed by atoms with E-state index in [0.717, 1.165) is 25.0 Å². The molecule has 3 nitrogen and oxygen atoms in total. The highest BCUT2D eigenvalue weighted by atomic mass is 35.5. The number of ether oxygens (including phenoxy) is 1. The van der Waals surface area contributed by atoms with Gasteiger partial charge in [-0.25, -0.2) is 4.79 Å². The van der Waals surface area contributed by atoms with Gasteiger partial charge in [0, 0.05) is 0 Å². The van der Waals surface area contributed by atoms with Crippen molar-refractivity contribution in [2.24, 2.45) is 4.99 Å². The first kappa shape index (κ1) is 19.2. The van der Waals surface area contributed by atoms with Gasteiger partial charge in [0.05, 0.1) is 12.8 Å². The van der Waals surface area contributed by atoms with E-state index in [1.807, 2.05) is 12.2 Å². The van der Waals surface area contributed by atoms with Crippen LogP contribution in [0.25, 0.3) is 0 Å². The molecule has 0 amide bonds. The van der Waals surface area contributed by atoms with Gasteiger partial charge < -0.3 is 4.74 Å². The highest BCUT2D eigenvalue weighted by Crippen LogP contribution is 2.16. The van der Waals surface area contributed by atoms with Crippen LogP contribution < -0.4 is 0 Å². The van der Waals surface area contributed by atoms with Crippen LogP contribution in [0.1, 0.15) is 57.8 Å². The predicted octanol–water partition coefficient (Wildman–Crippen LogP) is 5.37. The fourth-order valence-electron chi connectivity index (χ4n) is 2.24. The number of unbranched alkanes of at least 4 members (excludes halogenated alkanes) is 8. The van der Waals surface area contributed by atoms with E-state index in [1.165, 1.54) is 45.6 Å². The number of methoxy groups -OCH3 is 1. The van der Waals surface area contributed by atoms with E-state index in [1.54, 1.807) is 0 Å². The molecule has 0 aromatic carbocycles. The van der Waals surface area contributed by atoms with Crippen LogP contribution >= 0.6 is 23.2 Å². The van der Waals surface area contributed by atoms with Crippen molar-refractivity contribution in [3.8, 4) is 0 Å². The number of rotatable bonds is 12. The van der Waals surface area contributed by atoms with Crippen LogP contribution in [0.15, 0.2) is 27.7 Å². The molecule has 0 aromatic rings. The minimum Gasteiger partial charge on any atom is -0.467 e. The summed E-state index contributed by atoms with van der Waals surface area (Å²) in [4.78, 5) is 15.2. The summed E-state index contributed by atoms with van der Waals surface area (Å²) in [7, 11) is 1.39. The summed E-state index contributed by atoms with van der Waals surface area (Å²) < 4.78 is 5.00.